The molecule has 0 spiro atoms. The molecule has 0 saturated heterocycles. The minimum absolute atomic E-state index is 0.199. The first kappa shape index (κ1) is 24.5. The highest BCUT2D eigenvalue weighted by Gasteiger charge is 2.37. The monoisotopic (exact) mass is 450 g/mol. The number of phenols is 1. The van der Waals surface area contributed by atoms with Gasteiger partial charge in [-0.3, -0.25) is 4.79 Å². The van der Waals surface area contributed by atoms with Crippen molar-refractivity contribution in [2.45, 2.75) is 39.8 Å². The number of rotatable bonds is 9. The molecule has 0 bridgehead atoms. The molecule has 7 heteroatoms. The van der Waals surface area contributed by atoms with Crippen LogP contribution in [0.3, 0.4) is 0 Å². The molecule has 2 aromatic carbocycles. The fraction of sp³-hybridized carbons (Fsp3) is 0.385. The van der Waals surface area contributed by atoms with Crippen LogP contribution in [-0.4, -0.2) is 50.3 Å². The summed E-state index contributed by atoms with van der Waals surface area (Å²) in [4.78, 5) is 19.5. The van der Waals surface area contributed by atoms with E-state index in [-0.39, 0.29) is 17.1 Å². The highest BCUT2D eigenvalue weighted by atomic mass is 16.3. The number of aromatic nitrogens is 2. The van der Waals surface area contributed by atoms with Crippen LogP contribution in [0.1, 0.15) is 44.6 Å². The van der Waals surface area contributed by atoms with E-state index in [9.17, 15) is 15.0 Å². The Kier molecular flexibility index (Phi) is 7.89. The smallest absolute Gasteiger partial charge is 0.248 e. The quantitative estimate of drug-likeness (QED) is 0.462. The van der Waals surface area contributed by atoms with E-state index in [2.05, 4.69) is 20.8 Å². The van der Waals surface area contributed by atoms with Gasteiger partial charge in [0.2, 0.25) is 5.91 Å². The van der Waals surface area contributed by atoms with E-state index >= 15 is 0 Å². The van der Waals surface area contributed by atoms with Gasteiger partial charge in [-0.15, -0.1) is 0 Å². The highest BCUT2D eigenvalue weighted by molar-refractivity contribution is 5.77. The van der Waals surface area contributed by atoms with Crippen molar-refractivity contribution in [3.63, 3.8) is 0 Å². The summed E-state index contributed by atoms with van der Waals surface area (Å²) in [6, 6.07) is 16.6. The Morgan fingerprint density at radius 3 is 2.48 bits per heavy atom. The summed E-state index contributed by atoms with van der Waals surface area (Å²) in [6.07, 6.45) is 2.61. The van der Waals surface area contributed by atoms with E-state index in [1.165, 1.54) is 0 Å². The number of amides is 1. The molecule has 176 valence electrons. The first-order chi connectivity index (χ1) is 15.7. The molecule has 1 aromatic heterocycles. The summed E-state index contributed by atoms with van der Waals surface area (Å²) in [6.45, 7) is 6.97. The number of imidazole rings is 1. The maximum absolute atomic E-state index is 12.8. The molecule has 0 fully saturated rings. The second-order valence-corrected chi connectivity index (χ2v) is 9.30. The number of aliphatic hydroxyl groups excluding tert-OH is 1. The van der Waals surface area contributed by atoms with Crippen molar-refractivity contribution in [3.05, 3.63) is 72.2 Å². The predicted octanol–water partition coefficient (Wildman–Crippen LogP) is 3.56. The van der Waals surface area contributed by atoms with Crippen LogP contribution in [0, 0.1) is 5.41 Å². The number of hydrogen-bond acceptors (Lipinski definition) is 5. The third kappa shape index (κ3) is 6.00. The Bertz CT molecular complexity index is 1060. The van der Waals surface area contributed by atoms with Gasteiger partial charge in [0.15, 0.2) is 0 Å². The van der Waals surface area contributed by atoms with Crippen LogP contribution in [0.4, 0.5) is 0 Å². The van der Waals surface area contributed by atoms with Crippen LogP contribution >= 0.6 is 0 Å². The van der Waals surface area contributed by atoms with Gasteiger partial charge in [-0.05, 0) is 36.1 Å². The predicted molar refractivity (Wildman–Crippen MR) is 130 cm³/mol. The molecular formula is C26H34N4O3. The lowest BCUT2D eigenvalue weighted by Gasteiger charge is -2.39. The van der Waals surface area contributed by atoms with Gasteiger partial charge in [0, 0.05) is 24.8 Å². The highest BCUT2D eigenvalue weighted by Crippen LogP contribution is 2.39. The van der Waals surface area contributed by atoms with Gasteiger partial charge in [0.05, 0.1) is 11.7 Å². The Morgan fingerprint density at radius 2 is 1.88 bits per heavy atom. The second kappa shape index (κ2) is 10.6. The standard InChI is InChI=1S/C26H34N4O3/c1-26(2,3)24(30(14-8-13-27)23(33)18-31)25-28-22(20-10-5-4-6-11-20)17-29(25)16-19-9-7-12-21(32)15-19/h4-7,9-12,15,17,24,31-32H,8,13-14,16,18,27H2,1-3H3/t24-/m0/s1. The molecule has 0 radical (unpaired) electrons. The molecule has 7 nitrogen and oxygen atoms in total. The average Bonchev–Trinajstić information content (AvgIpc) is 3.18. The Labute approximate surface area is 195 Å². The van der Waals surface area contributed by atoms with E-state index in [1.807, 2.05) is 53.2 Å². The van der Waals surface area contributed by atoms with Crippen LogP contribution < -0.4 is 5.73 Å². The lowest BCUT2D eigenvalue weighted by molar-refractivity contribution is -0.139. The van der Waals surface area contributed by atoms with Gasteiger partial charge >= 0.3 is 0 Å². The van der Waals surface area contributed by atoms with E-state index in [0.29, 0.717) is 26.1 Å². The van der Waals surface area contributed by atoms with Gasteiger partial charge in [0.1, 0.15) is 18.2 Å². The topological polar surface area (TPSA) is 105 Å². The van der Waals surface area contributed by atoms with Crippen LogP contribution in [0.15, 0.2) is 60.8 Å². The van der Waals surface area contributed by atoms with Crippen molar-refractivity contribution in [2.24, 2.45) is 11.1 Å². The van der Waals surface area contributed by atoms with Crippen molar-refractivity contribution in [3.8, 4) is 17.0 Å². The summed E-state index contributed by atoms with van der Waals surface area (Å²) >= 11 is 0. The zero-order valence-electron chi connectivity index (χ0n) is 19.6. The number of nitrogens with two attached hydrogens (primary N) is 1. The normalized spacial score (nSPS) is 12.5. The van der Waals surface area contributed by atoms with Gasteiger partial charge < -0.3 is 25.4 Å². The van der Waals surface area contributed by atoms with Crippen LogP contribution in [0.25, 0.3) is 11.3 Å². The largest absolute Gasteiger partial charge is 0.508 e. The van der Waals surface area contributed by atoms with Crippen molar-refractivity contribution in [2.75, 3.05) is 19.7 Å². The van der Waals surface area contributed by atoms with Crippen LogP contribution in [0.2, 0.25) is 0 Å². The number of carbonyl (C=O) groups excluding carboxylic acids is 1. The summed E-state index contributed by atoms with van der Waals surface area (Å²) < 4.78 is 2.03. The summed E-state index contributed by atoms with van der Waals surface area (Å²) in [5.74, 6) is 0.574. The molecule has 1 amide bonds. The zero-order valence-corrected chi connectivity index (χ0v) is 19.6. The third-order valence-electron chi connectivity index (χ3n) is 5.58. The van der Waals surface area contributed by atoms with Crippen molar-refractivity contribution in [1.29, 1.82) is 0 Å². The lowest BCUT2D eigenvalue weighted by atomic mass is 9.84. The molecule has 3 rings (SSSR count). The Balaban J connectivity index is 2.16. The summed E-state index contributed by atoms with van der Waals surface area (Å²) in [7, 11) is 0. The maximum Gasteiger partial charge on any atom is 0.248 e. The minimum atomic E-state index is -0.573. The zero-order chi connectivity index (χ0) is 24.0. The van der Waals surface area contributed by atoms with Crippen LogP contribution in [0.5, 0.6) is 5.75 Å². The van der Waals surface area contributed by atoms with Crippen molar-refractivity contribution >= 4 is 5.91 Å². The Morgan fingerprint density at radius 1 is 1.15 bits per heavy atom. The molecule has 1 heterocycles. The maximum atomic E-state index is 12.8. The van der Waals surface area contributed by atoms with Gasteiger partial charge in [-0.2, -0.15) is 0 Å². The first-order valence-corrected chi connectivity index (χ1v) is 11.3. The summed E-state index contributed by atoms with van der Waals surface area (Å²) in [5, 5.41) is 19.7. The molecule has 4 N–H and O–H groups in total. The SMILES string of the molecule is CC(C)(C)[C@H](c1nc(-c2ccccc2)cn1Cc1cccc(O)c1)N(CCCN)C(=O)CO. The molecule has 33 heavy (non-hydrogen) atoms. The van der Waals surface area contributed by atoms with Crippen LogP contribution in [-0.2, 0) is 11.3 Å². The molecule has 0 unspecified atom stereocenters. The number of benzene rings is 2. The number of aliphatic hydroxyl groups is 1. The summed E-state index contributed by atoms with van der Waals surface area (Å²) in [5.41, 5.74) is 8.08. The van der Waals surface area contributed by atoms with Crippen molar-refractivity contribution < 1.29 is 15.0 Å². The number of nitrogens with zero attached hydrogens (tertiary/aromatic N) is 3. The van der Waals surface area contributed by atoms with E-state index < -0.39 is 12.6 Å². The van der Waals surface area contributed by atoms with E-state index in [1.54, 1.807) is 17.0 Å². The lowest BCUT2D eigenvalue weighted by Crippen LogP contribution is -2.44. The Hall–Kier alpha value is -3.16. The third-order valence-corrected chi connectivity index (χ3v) is 5.58. The average molecular weight is 451 g/mol. The van der Waals surface area contributed by atoms with Gasteiger partial charge in [-0.1, -0.05) is 63.2 Å². The molecule has 0 aliphatic rings. The molecule has 0 saturated carbocycles. The minimum Gasteiger partial charge on any atom is -0.508 e. The fourth-order valence-corrected chi connectivity index (χ4v) is 4.12. The second-order valence-electron chi connectivity index (χ2n) is 9.30. The molecule has 0 aliphatic heterocycles. The number of aromatic hydroxyl groups is 1. The number of hydrogen-bond donors (Lipinski definition) is 3. The number of carbonyl (C=O) groups is 1. The van der Waals surface area contributed by atoms with E-state index in [0.717, 1.165) is 22.6 Å². The van der Waals surface area contributed by atoms with Crippen molar-refractivity contribution in [1.82, 2.24) is 14.5 Å². The molecule has 0 aliphatic carbocycles. The fourth-order valence-electron chi connectivity index (χ4n) is 4.12. The van der Waals surface area contributed by atoms with Gasteiger partial charge in [-0.25, -0.2) is 4.98 Å². The molecule has 1 atom stereocenters. The molecule has 3 aromatic rings. The van der Waals surface area contributed by atoms with Gasteiger partial charge in [0.25, 0.3) is 0 Å². The first-order valence-electron chi connectivity index (χ1n) is 11.3. The van der Waals surface area contributed by atoms with E-state index in [4.69, 9.17) is 10.7 Å². The number of phenolic OH excluding ortho intramolecular Hbond substituents is 1. The molecular weight excluding hydrogens is 416 g/mol.